The van der Waals surface area contributed by atoms with Crippen LogP contribution in [0.3, 0.4) is 0 Å². The number of amides is 1. The molecule has 1 aromatic rings. The molecule has 1 atom stereocenters. The zero-order valence-electron chi connectivity index (χ0n) is 13.9. The average molecular weight is 311 g/mol. The number of rotatable bonds is 3. The molecule has 4 heteroatoms. The van der Waals surface area contributed by atoms with Crippen LogP contribution in [0.15, 0.2) is 24.3 Å². The summed E-state index contributed by atoms with van der Waals surface area (Å²) in [6.45, 7) is 5.44. The highest BCUT2D eigenvalue weighted by Gasteiger charge is 2.34. The van der Waals surface area contributed by atoms with E-state index in [1.54, 1.807) is 0 Å². The van der Waals surface area contributed by atoms with Gasteiger partial charge in [-0.25, -0.2) is 0 Å². The summed E-state index contributed by atoms with van der Waals surface area (Å²) in [6.07, 6.45) is 3.71. The summed E-state index contributed by atoms with van der Waals surface area (Å²) in [5, 5.41) is 8.99. The van der Waals surface area contributed by atoms with Gasteiger partial charge < -0.3 is 4.90 Å². The molecule has 0 aliphatic carbocycles. The Morgan fingerprint density at radius 2 is 2.04 bits per heavy atom. The zero-order valence-corrected chi connectivity index (χ0v) is 13.9. The monoisotopic (exact) mass is 311 g/mol. The first-order valence-electron chi connectivity index (χ1n) is 8.65. The van der Waals surface area contributed by atoms with Crippen LogP contribution in [-0.4, -0.2) is 41.4 Å². The van der Waals surface area contributed by atoms with Gasteiger partial charge in [0.2, 0.25) is 5.91 Å². The Morgan fingerprint density at radius 1 is 1.26 bits per heavy atom. The maximum absolute atomic E-state index is 12.9. The number of aryl methyl sites for hydroxylation is 1. The molecule has 0 bridgehead atoms. The minimum Gasteiger partial charge on any atom is -0.341 e. The minimum absolute atomic E-state index is 0.0224. The average Bonchev–Trinajstić information content (AvgIpc) is 3.02. The number of nitriles is 1. The van der Waals surface area contributed by atoms with E-state index in [-0.39, 0.29) is 17.9 Å². The van der Waals surface area contributed by atoms with Crippen LogP contribution < -0.4 is 0 Å². The quantitative estimate of drug-likeness (QED) is 0.862. The molecule has 2 saturated heterocycles. The third kappa shape index (κ3) is 3.73. The van der Waals surface area contributed by atoms with Crippen molar-refractivity contribution in [2.24, 2.45) is 5.92 Å². The maximum Gasteiger partial charge on any atom is 0.239 e. The molecule has 1 amide bonds. The van der Waals surface area contributed by atoms with Gasteiger partial charge in [-0.3, -0.25) is 9.69 Å². The summed E-state index contributed by atoms with van der Waals surface area (Å²) in [5.74, 6) is 0.401. The fourth-order valence-corrected chi connectivity index (χ4v) is 3.78. The highest BCUT2D eigenvalue weighted by atomic mass is 16.2. The van der Waals surface area contributed by atoms with Crippen molar-refractivity contribution < 1.29 is 4.79 Å². The number of carbonyl (C=O) groups excluding carboxylic acids is 1. The molecule has 0 aromatic heterocycles. The topological polar surface area (TPSA) is 47.3 Å². The molecule has 2 aliphatic rings. The van der Waals surface area contributed by atoms with Gasteiger partial charge in [0.15, 0.2) is 0 Å². The number of carbonyl (C=O) groups is 1. The fraction of sp³-hybridized carbons (Fsp3) is 0.579. The molecule has 2 heterocycles. The smallest absolute Gasteiger partial charge is 0.239 e. The summed E-state index contributed by atoms with van der Waals surface area (Å²) >= 11 is 0. The number of piperidine rings is 1. The van der Waals surface area contributed by atoms with E-state index in [4.69, 9.17) is 5.26 Å². The standard InChI is InChI=1S/C19H25N3O/c1-15-4-2-5-17(12-15)14-22-9-3-6-18(22)19(23)21-10-7-16(13-20)8-11-21/h2,4-5,12,16,18H,3,6-11,14H2,1H3. The second kappa shape index (κ2) is 7.14. The van der Waals surface area contributed by atoms with Gasteiger partial charge in [-0.2, -0.15) is 5.26 Å². The molecule has 23 heavy (non-hydrogen) atoms. The Hall–Kier alpha value is -1.86. The molecule has 2 fully saturated rings. The van der Waals surface area contributed by atoms with E-state index >= 15 is 0 Å². The lowest BCUT2D eigenvalue weighted by molar-refractivity contribution is -0.137. The third-order valence-corrected chi connectivity index (χ3v) is 5.11. The predicted molar refractivity (Wildman–Crippen MR) is 89.5 cm³/mol. The van der Waals surface area contributed by atoms with Crippen molar-refractivity contribution >= 4 is 5.91 Å². The first-order chi connectivity index (χ1) is 11.2. The van der Waals surface area contributed by atoms with E-state index in [2.05, 4.69) is 42.2 Å². The normalized spacial score (nSPS) is 23.0. The number of hydrogen-bond acceptors (Lipinski definition) is 3. The van der Waals surface area contributed by atoms with Crippen LogP contribution in [0, 0.1) is 24.2 Å². The number of likely N-dealkylation sites (tertiary alicyclic amines) is 2. The van der Waals surface area contributed by atoms with Crippen LogP contribution in [0.1, 0.15) is 36.8 Å². The molecule has 0 N–H and O–H groups in total. The third-order valence-electron chi connectivity index (χ3n) is 5.11. The molecule has 0 saturated carbocycles. The fourth-order valence-electron chi connectivity index (χ4n) is 3.78. The van der Waals surface area contributed by atoms with Crippen LogP contribution in [0.25, 0.3) is 0 Å². The van der Waals surface area contributed by atoms with Gasteiger partial charge in [0.05, 0.1) is 12.1 Å². The molecule has 3 rings (SSSR count). The first kappa shape index (κ1) is 16.0. The van der Waals surface area contributed by atoms with Crippen LogP contribution in [0.5, 0.6) is 0 Å². The number of hydrogen-bond donors (Lipinski definition) is 0. The number of nitrogens with zero attached hydrogens (tertiary/aromatic N) is 3. The minimum atomic E-state index is 0.0224. The summed E-state index contributed by atoms with van der Waals surface area (Å²) in [7, 11) is 0. The SMILES string of the molecule is Cc1cccc(CN2CCCC2C(=O)N2CCC(C#N)CC2)c1. The molecule has 2 aliphatic heterocycles. The van der Waals surface area contributed by atoms with E-state index in [1.807, 2.05) is 4.90 Å². The molecule has 1 unspecified atom stereocenters. The number of benzene rings is 1. The lowest BCUT2D eigenvalue weighted by atomic mass is 9.98. The predicted octanol–water partition coefficient (Wildman–Crippen LogP) is 2.72. The Bertz CT molecular complexity index is 599. The van der Waals surface area contributed by atoms with Crippen LogP contribution in [0.2, 0.25) is 0 Å². The summed E-state index contributed by atoms with van der Waals surface area (Å²) < 4.78 is 0. The van der Waals surface area contributed by atoms with Gasteiger partial charge in [0, 0.05) is 25.6 Å². The van der Waals surface area contributed by atoms with Gasteiger partial charge in [0.1, 0.15) is 0 Å². The van der Waals surface area contributed by atoms with Gasteiger partial charge in [-0.05, 0) is 44.7 Å². The summed E-state index contributed by atoms with van der Waals surface area (Å²) in [6, 6.07) is 10.9. The van der Waals surface area contributed by atoms with Crippen LogP contribution in [0.4, 0.5) is 0 Å². The van der Waals surface area contributed by atoms with Crippen LogP contribution >= 0.6 is 0 Å². The Morgan fingerprint density at radius 3 is 2.74 bits per heavy atom. The molecule has 122 valence electrons. The zero-order chi connectivity index (χ0) is 16.2. The first-order valence-corrected chi connectivity index (χ1v) is 8.65. The largest absolute Gasteiger partial charge is 0.341 e. The van der Waals surface area contributed by atoms with Crippen molar-refractivity contribution in [1.29, 1.82) is 5.26 Å². The lowest BCUT2D eigenvalue weighted by Crippen LogP contribution is -2.48. The van der Waals surface area contributed by atoms with E-state index in [1.165, 1.54) is 11.1 Å². The lowest BCUT2D eigenvalue weighted by Gasteiger charge is -2.34. The maximum atomic E-state index is 12.9. The highest BCUT2D eigenvalue weighted by molar-refractivity contribution is 5.82. The van der Waals surface area contributed by atoms with Crippen molar-refractivity contribution in [2.45, 2.75) is 45.2 Å². The van der Waals surface area contributed by atoms with Crippen molar-refractivity contribution in [1.82, 2.24) is 9.80 Å². The summed E-state index contributed by atoms with van der Waals surface area (Å²) in [5.41, 5.74) is 2.55. The van der Waals surface area contributed by atoms with E-state index in [0.29, 0.717) is 0 Å². The summed E-state index contributed by atoms with van der Waals surface area (Å²) in [4.78, 5) is 17.2. The molecular formula is C19H25N3O. The van der Waals surface area contributed by atoms with Gasteiger partial charge in [-0.1, -0.05) is 29.8 Å². The Kier molecular flexibility index (Phi) is 4.97. The van der Waals surface area contributed by atoms with Crippen molar-refractivity contribution in [3.05, 3.63) is 35.4 Å². The Labute approximate surface area is 138 Å². The Balaban J connectivity index is 1.62. The molecule has 0 spiro atoms. The van der Waals surface area contributed by atoms with E-state index < -0.39 is 0 Å². The van der Waals surface area contributed by atoms with Crippen molar-refractivity contribution in [3.63, 3.8) is 0 Å². The van der Waals surface area contributed by atoms with Gasteiger partial charge >= 0.3 is 0 Å². The second-order valence-electron chi connectivity index (χ2n) is 6.85. The van der Waals surface area contributed by atoms with Gasteiger partial charge in [-0.15, -0.1) is 0 Å². The van der Waals surface area contributed by atoms with Crippen LogP contribution in [-0.2, 0) is 11.3 Å². The second-order valence-corrected chi connectivity index (χ2v) is 6.85. The molecule has 0 radical (unpaired) electrons. The molecular weight excluding hydrogens is 286 g/mol. The van der Waals surface area contributed by atoms with Gasteiger partial charge in [0.25, 0.3) is 0 Å². The van der Waals surface area contributed by atoms with Crippen molar-refractivity contribution in [3.8, 4) is 6.07 Å². The van der Waals surface area contributed by atoms with E-state index in [9.17, 15) is 4.79 Å². The molecule has 4 nitrogen and oxygen atoms in total. The molecule has 1 aromatic carbocycles. The van der Waals surface area contributed by atoms with Crippen molar-refractivity contribution in [2.75, 3.05) is 19.6 Å². The highest BCUT2D eigenvalue weighted by Crippen LogP contribution is 2.24. The van der Waals surface area contributed by atoms with E-state index in [0.717, 1.165) is 51.9 Å².